The first kappa shape index (κ1) is 17.7. The standard InChI is InChI=1S/C14H16N6O2.C3H7NO/c1-2-8-6-19(14(21)22)7-9(8)13-18-17-11-5-16-12-10(20(11)13)3-4-15-12;4-3-1-5-2-3/h3-5,8-9,15H,2,6-7H2,1H3,(H,21,22);3H,1-2,4H2/t8-,9+;/m1./s1. The molecule has 144 valence electrons. The molecule has 10 heteroatoms. The Kier molecular flexibility index (Phi) is 4.66. The molecular formula is C17H23N7O3. The van der Waals surface area contributed by atoms with Crippen LogP contribution in [0.4, 0.5) is 4.79 Å². The predicted octanol–water partition coefficient (Wildman–Crippen LogP) is 1.05. The minimum atomic E-state index is -0.872. The van der Waals surface area contributed by atoms with E-state index in [-0.39, 0.29) is 11.8 Å². The van der Waals surface area contributed by atoms with E-state index >= 15 is 0 Å². The number of fused-ring (bicyclic) bond motifs is 3. The smallest absolute Gasteiger partial charge is 0.407 e. The second-order valence-corrected chi connectivity index (χ2v) is 6.98. The van der Waals surface area contributed by atoms with Crippen LogP contribution in [0.25, 0.3) is 16.8 Å². The molecule has 27 heavy (non-hydrogen) atoms. The number of hydrogen-bond donors (Lipinski definition) is 3. The van der Waals surface area contributed by atoms with Gasteiger partial charge in [-0.3, -0.25) is 4.40 Å². The monoisotopic (exact) mass is 373 g/mol. The van der Waals surface area contributed by atoms with Crippen LogP contribution in [0.5, 0.6) is 0 Å². The van der Waals surface area contributed by atoms with E-state index in [2.05, 4.69) is 27.1 Å². The average Bonchev–Trinajstić information content (AvgIpc) is 3.35. The van der Waals surface area contributed by atoms with Crippen molar-refractivity contribution in [2.75, 3.05) is 26.3 Å². The van der Waals surface area contributed by atoms with Crippen molar-refractivity contribution < 1.29 is 14.6 Å². The summed E-state index contributed by atoms with van der Waals surface area (Å²) >= 11 is 0. The molecule has 0 bridgehead atoms. The molecule has 2 atom stereocenters. The van der Waals surface area contributed by atoms with Gasteiger partial charge in [-0.2, -0.15) is 0 Å². The Morgan fingerprint density at radius 2 is 2.19 bits per heavy atom. The van der Waals surface area contributed by atoms with Gasteiger partial charge in [-0.25, -0.2) is 9.78 Å². The van der Waals surface area contributed by atoms with Gasteiger partial charge in [-0.1, -0.05) is 13.3 Å². The number of aromatic amines is 1. The summed E-state index contributed by atoms with van der Waals surface area (Å²) in [6.07, 6.45) is 3.55. The molecule has 2 aliphatic heterocycles. The molecule has 1 amide bonds. The van der Waals surface area contributed by atoms with Crippen molar-refractivity contribution in [3.63, 3.8) is 0 Å². The van der Waals surface area contributed by atoms with Gasteiger partial charge >= 0.3 is 6.09 Å². The summed E-state index contributed by atoms with van der Waals surface area (Å²) in [4.78, 5) is 20.1. The summed E-state index contributed by atoms with van der Waals surface area (Å²) in [5.41, 5.74) is 7.63. The molecule has 5 heterocycles. The summed E-state index contributed by atoms with van der Waals surface area (Å²) in [6, 6.07) is 2.28. The van der Waals surface area contributed by atoms with E-state index in [4.69, 9.17) is 10.5 Å². The van der Waals surface area contributed by atoms with Crippen molar-refractivity contribution in [3.8, 4) is 0 Å². The third-order valence-corrected chi connectivity index (χ3v) is 5.20. The Morgan fingerprint density at radius 3 is 2.81 bits per heavy atom. The third-order valence-electron chi connectivity index (χ3n) is 5.20. The summed E-state index contributed by atoms with van der Waals surface area (Å²) in [5.74, 6) is 1.12. The van der Waals surface area contributed by atoms with E-state index in [1.165, 1.54) is 4.90 Å². The maximum Gasteiger partial charge on any atom is 0.407 e. The first-order valence-corrected chi connectivity index (χ1v) is 9.06. The molecule has 2 fully saturated rings. The molecule has 4 N–H and O–H groups in total. The number of nitrogens with one attached hydrogen (secondary N) is 1. The van der Waals surface area contributed by atoms with Gasteiger partial charge in [0.05, 0.1) is 31.0 Å². The molecule has 0 radical (unpaired) electrons. The molecule has 0 spiro atoms. The fraction of sp³-hybridized carbons (Fsp3) is 0.529. The zero-order chi connectivity index (χ0) is 19.0. The molecule has 2 saturated heterocycles. The van der Waals surface area contributed by atoms with Crippen molar-refractivity contribution in [2.24, 2.45) is 11.7 Å². The summed E-state index contributed by atoms with van der Waals surface area (Å²) in [7, 11) is 0. The number of ether oxygens (including phenoxy) is 1. The van der Waals surface area contributed by atoms with Gasteiger partial charge in [0.25, 0.3) is 0 Å². The Labute approximate surface area is 155 Å². The number of carboxylic acid groups (broad SMARTS) is 1. The van der Waals surface area contributed by atoms with Crippen LogP contribution in [-0.4, -0.2) is 73.0 Å². The van der Waals surface area contributed by atoms with Gasteiger partial charge in [0.15, 0.2) is 11.3 Å². The van der Waals surface area contributed by atoms with Gasteiger partial charge in [-0.15, -0.1) is 10.2 Å². The number of H-pyrrole nitrogens is 1. The molecule has 0 aliphatic carbocycles. The van der Waals surface area contributed by atoms with Crippen LogP contribution in [0.15, 0.2) is 18.5 Å². The topological polar surface area (TPSA) is 135 Å². The number of aromatic nitrogens is 5. The van der Waals surface area contributed by atoms with E-state index < -0.39 is 6.09 Å². The largest absolute Gasteiger partial charge is 0.465 e. The second-order valence-electron chi connectivity index (χ2n) is 6.98. The minimum absolute atomic E-state index is 0.0524. The Bertz CT molecular complexity index is 948. The SMILES string of the molecule is CC[C@@H]1CN(C(=O)O)C[C@@H]1c1nnc2cnc3[nH]ccc3n12.NC1COC1. The lowest BCUT2D eigenvalue weighted by Gasteiger charge is -2.20. The highest BCUT2D eigenvalue weighted by molar-refractivity contribution is 5.74. The number of amides is 1. The highest BCUT2D eigenvalue weighted by Gasteiger charge is 2.38. The van der Waals surface area contributed by atoms with E-state index in [9.17, 15) is 9.90 Å². The Balaban J connectivity index is 0.000000314. The first-order valence-electron chi connectivity index (χ1n) is 9.06. The van der Waals surface area contributed by atoms with Gasteiger partial charge in [0, 0.05) is 25.2 Å². The fourth-order valence-corrected chi connectivity index (χ4v) is 3.63. The molecule has 3 aromatic rings. The van der Waals surface area contributed by atoms with Crippen LogP contribution < -0.4 is 5.73 Å². The highest BCUT2D eigenvalue weighted by atomic mass is 16.5. The lowest BCUT2D eigenvalue weighted by Crippen LogP contribution is -2.41. The van der Waals surface area contributed by atoms with Crippen molar-refractivity contribution in [2.45, 2.75) is 25.3 Å². The first-order chi connectivity index (χ1) is 13.1. The summed E-state index contributed by atoms with van der Waals surface area (Å²) in [6.45, 7) is 4.62. The van der Waals surface area contributed by atoms with Gasteiger partial charge in [-0.05, 0) is 12.0 Å². The van der Waals surface area contributed by atoms with E-state index in [0.29, 0.717) is 24.8 Å². The van der Waals surface area contributed by atoms with Crippen LogP contribution in [0.3, 0.4) is 0 Å². The average molecular weight is 373 g/mol. The van der Waals surface area contributed by atoms with Crippen molar-refractivity contribution in [1.29, 1.82) is 0 Å². The molecular weight excluding hydrogens is 350 g/mol. The van der Waals surface area contributed by atoms with Crippen molar-refractivity contribution in [3.05, 3.63) is 24.3 Å². The van der Waals surface area contributed by atoms with E-state index in [1.54, 1.807) is 6.20 Å². The van der Waals surface area contributed by atoms with Gasteiger partial charge in [0.1, 0.15) is 5.82 Å². The van der Waals surface area contributed by atoms with Gasteiger partial charge in [0.2, 0.25) is 0 Å². The molecule has 3 aromatic heterocycles. The van der Waals surface area contributed by atoms with E-state index in [1.807, 2.05) is 16.7 Å². The van der Waals surface area contributed by atoms with Crippen LogP contribution in [0.1, 0.15) is 25.1 Å². The van der Waals surface area contributed by atoms with Crippen molar-refractivity contribution in [1.82, 2.24) is 29.5 Å². The molecule has 0 saturated carbocycles. The van der Waals surface area contributed by atoms with Crippen molar-refractivity contribution >= 4 is 22.9 Å². The number of carbonyl (C=O) groups is 1. The second kappa shape index (κ2) is 7.12. The summed E-state index contributed by atoms with van der Waals surface area (Å²) in [5, 5.41) is 17.8. The molecule has 2 aliphatic rings. The molecule has 0 aromatic carbocycles. The predicted molar refractivity (Wildman–Crippen MR) is 97.6 cm³/mol. The van der Waals surface area contributed by atoms with E-state index in [0.717, 1.165) is 36.6 Å². The molecule has 10 nitrogen and oxygen atoms in total. The third kappa shape index (κ3) is 3.21. The van der Waals surface area contributed by atoms with Crippen LogP contribution in [0, 0.1) is 5.92 Å². The quantitative estimate of drug-likeness (QED) is 0.611. The highest BCUT2D eigenvalue weighted by Crippen LogP contribution is 2.34. The lowest BCUT2D eigenvalue weighted by atomic mass is 9.93. The summed E-state index contributed by atoms with van der Waals surface area (Å²) < 4.78 is 6.69. The Hall–Kier alpha value is -2.72. The lowest BCUT2D eigenvalue weighted by molar-refractivity contribution is 0.0121. The number of hydrogen-bond acceptors (Lipinski definition) is 6. The maximum absolute atomic E-state index is 11.3. The van der Waals surface area contributed by atoms with Gasteiger partial charge < -0.3 is 25.5 Å². The Morgan fingerprint density at radius 1 is 1.41 bits per heavy atom. The molecule has 5 rings (SSSR count). The van der Waals surface area contributed by atoms with Crippen LogP contribution in [-0.2, 0) is 4.74 Å². The van der Waals surface area contributed by atoms with Crippen LogP contribution >= 0.6 is 0 Å². The number of likely N-dealkylation sites (tertiary alicyclic amines) is 1. The van der Waals surface area contributed by atoms with Crippen LogP contribution in [0.2, 0.25) is 0 Å². The minimum Gasteiger partial charge on any atom is -0.465 e. The molecule has 0 unspecified atom stereocenters. The zero-order valence-electron chi connectivity index (χ0n) is 15.1. The fourth-order valence-electron chi connectivity index (χ4n) is 3.63. The number of nitrogens with zero attached hydrogens (tertiary/aromatic N) is 5. The zero-order valence-corrected chi connectivity index (χ0v) is 15.1. The number of rotatable bonds is 2. The normalized spacial score (nSPS) is 22.7. The maximum atomic E-state index is 11.3. The number of nitrogens with two attached hydrogens (primary N) is 1.